The van der Waals surface area contributed by atoms with Gasteiger partial charge in [-0.3, -0.25) is 4.68 Å². The Hall–Kier alpha value is -1.17. The summed E-state index contributed by atoms with van der Waals surface area (Å²) in [4.78, 5) is 0. The van der Waals surface area contributed by atoms with Crippen LogP contribution in [0.15, 0.2) is 28.7 Å². The average molecular weight is 352 g/mol. The summed E-state index contributed by atoms with van der Waals surface area (Å²) < 4.78 is 8.22. The molecule has 0 atom stereocenters. The Morgan fingerprint density at radius 2 is 2.14 bits per heavy atom. The molecule has 5 heteroatoms. The van der Waals surface area contributed by atoms with Crippen LogP contribution in [0.1, 0.15) is 22.5 Å². The standard InChI is InChI=1S/C16H22BrN3O/c1-12-16(10-18-7-8-21-3)13(2)20(19-12)11-14-5-4-6-15(17)9-14/h4-6,9,18H,7-8,10-11H2,1-3H3. The highest BCUT2D eigenvalue weighted by Gasteiger charge is 2.11. The first-order valence-electron chi connectivity index (χ1n) is 7.08. The summed E-state index contributed by atoms with van der Waals surface area (Å²) in [5.74, 6) is 0. The maximum atomic E-state index is 5.05. The highest BCUT2D eigenvalue weighted by Crippen LogP contribution is 2.17. The SMILES string of the molecule is COCCNCc1c(C)nn(Cc2cccc(Br)c2)c1C. The van der Waals surface area contributed by atoms with Crippen molar-refractivity contribution in [3.8, 4) is 0 Å². The van der Waals surface area contributed by atoms with Crippen LogP contribution in [0.2, 0.25) is 0 Å². The first kappa shape index (κ1) is 16.2. The third kappa shape index (κ3) is 4.40. The minimum Gasteiger partial charge on any atom is -0.383 e. The van der Waals surface area contributed by atoms with Crippen LogP contribution >= 0.6 is 15.9 Å². The summed E-state index contributed by atoms with van der Waals surface area (Å²) in [5.41, 5.74) is 4.83. The van der Waals surface area contributed by atoms with Gasteiger partial charge in [0.05, 0.1) is 18.8 Å². The number of hydrogen-bond acceptors (Lipinski definition) is 3. The lowest BCUT2D eigenvalue weighted by Gasteiger charge is -2.07. The van der Waals surface area contributed by atoms with Gasteiger partial charge in [0.1, 0.15) is 0 Å². The molecular formula is C16H22BrN3O. The van der Waals surface area contributed by atoms with E-state index in [4.69, 9.17) is 4.74 Å². The number of rotatable bonds is 7. The zero-order valence-electron chi connectivity index (χ0n) is 12.8. The number of aryl methyl sites for hydroxylation is 1. The van der Waals surface area contributed by atoms with Crippen LogP contribution in [-0.4, -0.2) is 30.0 Å². The van der Waals surface area contributed by atoms with Gasteiger partial charge in [0.25, 0.3) is 0 Å². The number of halogens is 1. The molecule has 1 heterocycles. The van der Waals surface area contributed by atoms with Gasteiger partial charge in [-0.2, -0.15) is 5.10 Å². The number of methoxy groups -OCH3 is 1. The largest absolute Gasteiger partial charge is 0.383 e. The zero-order valence-corrected chi connectivity index (χ0v) is 14.4. The first-order chi connectivity index (χ1) is 10.1. The van der Waals surface area contributed by atoms with Crippen molar-refractivity contribution in [2.75, 3.05) is 20.3 Å². The summed E-state index contributed by atoms with van der Waals surface area (Å²) in [6.07, 6.45) is 0. The van der Waals surface area contributed by atoms with Crippen molar-refractivity contribution in [3.63, 3.8) is 0 Å². The maximum absolute atomic E-state index is 5.05. The molecule has 21 heavy (non-hydrogen) atoms. The summed E-state index contributed by atoms with van der Waals surface area (Å²) in [7, 11) is 1.72. The fourth-order valence-corrected chi connectivity index (χ4v) is 2.79. The van der Waals surface area contributed by atoms with Crippen molar-refractivity contribution < 1.29 is 4.74 Å². The van der Waals surface area contributed by atoms with Crippen LogP contribution in [-0.2, 0) is 17.8 Å². The molecule has 0 aliphatic rings. The third-order valence-corrected chi connectivity index (χ3v) is 4.03. The van der Waals surface area contributed by atoms with Gasteiger partial charge in [-0.05, 0) is 31.5 Å². The minimum absolute atomic E-state index is 0.726. The van der Waals surface area contributed by atoms with Gasteiger partial charge >= 0.3 is 0 Å². The van der Waals surface area contributed by atoms with E-state index in [2.05, 4.69) is 63.1 Å². The van der Waals surface area contributed by atoms with Gasteiger partial charge in [-0.25, -0.2) is 0 Å². The fraction of sp³-hybridized carbons (Fsp3) is 0.438. The molecule has 0 fully saturated rings. The highest BCUT2D eigenvalue weighted by molar-refractivity contribution is 9.10. The fourth-order valence-electron chi connectivity index (χ4n) is 2.34. The van der Waals surface area contributed by atoms with Crippen LogP contribution in [0.4, 0.5) is 0 Å². The highest BCUT2D eigenvalue weighted by atomic mass is 79.9. The topological polar surface area (TPSA) is 39.1 Å². The average Bonchev–Trinajstić information content (AvgIpc) is 2.70. The van der Waals surface area contributed by atoms with Crippen LogP contribution < -0.4 is 5.32 Å². The molecule has 1 aromatic heterocycles. The van der Waals surface area contributed by atoms with Gasteiger partial charge in [-0.15, -0.1) is 0 Å². The van der Waals surface area contributed by atoms with E-state index in [1.807, 2.05) is 6.07 Å². The molecular weight excluding hydrogens is 330 g/mol. The maximum Gasteiger partial charge on any atom is 0.0663 e. The Bertz CT molecular complexity index is 595. The van der Waals surface area contributed by atoms with Crippen molar-refractivity contribution in [2.24, 2.45) is 0 Å². The second-order valence-corrected chi connectivity index (χ2v) is 6.02. The van der Waals surface area contributed by atoms with E-state index in [1.165, 1.54) is 16.8 Å². The molecule has 0 amide bonds. The minimum atomic E-state index is 0.726. The zero-order chi connectivity index (χ0) is 15.2. The molecule has 0 unspecified atom stereocenters. The monoisotopic (exact) mass is 351 g/mol. The Morgan fingerprint density at radius 3 is 2.86 bits per heavy atom. The molecule has 114 valence electrons. The first-order valence-corrected chi connectivity index (χ1v) is 7.88. The van der Waals surface area contributed by atoms with Gasteiger partial charge < -0.3 is 10.1 Å². The third-order valence-electron chi connectivity index (χ3n) is 3.54. The van der Waals surface area contributed by atoms with Crippen LogP contribution in [0.5, 0.6) is 0 Å². The van der Waals surface area contributed by atoms with Crippen molar-refractivity contribution in [1.82, 2.24) is 15.1 Å². The van der Waals surface area contributed by atoms with E-state index in [9.17, 15) is 0 Å². The van der Waals surface area contributed by atoms with Gasteiger partial charge in [0, 0.05) is 35.9 Å². The molecule has 0 saturated heterocycles. The molecule has 0 radical (unpaired) electrons. The number of nitrogens with zero attached hydrogens (tertiary/aromatic N) is 2. The van der Waals surface area contributed by atoms with E-state index in [0.29, 0.717) is 0 Å². The molecule has 0 aliphatic carbocycles. The Balaban J connectivity index is 2.07. The number of nitrogens with one attached hydrogen (secondary N) is 1. The molecule has 0 saturated carbocycles. The summed E-state index contributed by atoms with van der Waals surface area (Å²) in [5, 5.41) is 8.05. The second kappa shape index (κ2) is 7.73. The molecule has 1 aromatic carbocycles. The van der Waals surface area contributed by atoms with E-state index in [1.54, 1.807) is 7.11 Å². The van der Waals surface area contributed by atoms with E-state index in [0.717, 1.165) is 36.4 Å². The molecule has 2 aromatic rings. The van der Waals surface area contributed by atoms with E-state index < -0.39 is 0 Å². The normalized spacial score (nSPS) is 11.0. The summed E-state index contributed by atoms with van der Waals surface area (Å²) in [6, 6.07) is 8.35. The van der Waals surface area contributed by atoms with Crippen LogP contribution in [0, 0.1) is 13.8 Å². The van der Waals surface area contributed by atoms with Gasteiger partial charge in [-0.1, -0.05) is 28.1 Å². The van der Waals surface area contributed by atoms with E-state index >= 15 is 0 Å². The molecule has 0 bridgehead atoms. The smallest absolute Gasteiger partial charge is 0.0663 e. The molecule has 1 N–H and O–H groups in total. The number of ether oxygens (including phenoxy) is 1. The summed E-state index contributed by atoms with van der Waals surface area (Å²) >= 11 is 3.51. The Labute approximate surface area is 134 Å². The van der Waals surface area contributed by atoms with Crippen LogP contribution in [0.25, 0.3) is 0 Å². The Kier molecular flexibility index (Phi) is 5.96. The molecule has 4 nitrogen and oxygen atoms in total. The van der Waals surface area contributed by atoms with Crippen molar-refractivity contribution in [1.29, 1.82) is 0 Å². The van der Waals surface area contributed by atoms with Gasteiger partial charge in [0.2, 0.25) is 0 Å². The van der Waals surface area contributed by atoms with Crippen molar-refractivity contribution in [2.45, 2.75) is 26.9 Å². The number of hydrogen-bond donors (Lipinski definition) is 1. The predicted octanol–water partition coefficient (Wildman–Crippen LogP) is 3.05. The van der Waals surface area contributed by atoms with Crippen molar-refractivity contribution >= 4 is 15.9 Å². The number of aromatic nitrogens is 2. The lowest BCUT2D eigenvalue weighted by molar-refractivity contribution is 0.199. The van der Waals surface area contributed by atoms with Crippen molar-refractivity contribution in [3.05, 3.63) is 51.3 Å². The molecule has 0 aliphatic heterocycles. The van der Waals surface area contributed by atoms with Crippen LogP contribution in [0.3, 0.4) is 0 Å². The predicted molar refractivity (Wildman–Crippen MR) is 88.5 cm³/mol. The lowest BCUT2D eigenvalue weighted by Crippen LogP contribution is -2.19. The Morgan fingerprint density at radius 1 is 1.33 bits per heavy atom. The second-order valence-electron chi connectivity index (χ2n) is 5.11. The number of benzene rings is 1. The van der Waals surface area contributed by atoms with E-state index in [-0.39, 0.29) is 0 Å². The molecule has 2 rings (SSSR count). The lowest BCUT2D eigenvalue weighted by atomic mass is 10.2. The summed E-state index contributed by atoms with van der Waals surface area (Å²) in [6.45, 7) is 7.41. The quantitative estimate of drug-likeness (QED) is 0.779. The van der Waals surface area contributed by atoms with Gasteiger partial charge in [0.15, 0.2) is 0 Å². The molecule has 0 spiro atoms.